The van der Waals surface area contributed by atoms with Crippen LogP contribution in [0, 0.1) is 17.3 Å². The molecular formula is C11H21NO. The van der Waals surface area contributed by atoms with Gasteiger partial charge in [0.05, 0.1) is 6.10 Å². The average molecular weight is 183 g/mol. The van der Waals surface area contributed by atoms with Gasteiger partial charge in [-0.25, -0.2) is 0 Å². The SMILES string of the molecule is CN(C)[C@H]1[C@@H](O)[C@@H]2CC[C@H]1C2(C)C. The monoisotopic (exact) mass is 183 g/mol. The fourth-order valence-corrected chi connectivity index (χ4v) is 3.74. The van der Waals surface area contributed by atoms with Crippen molar-refractivity contribution in [2.24, 2.45) is 17.3 Å². The second-order valence-electron chi connectivity index (χ2n) is 5.56. The second kappa shape index (κ2) is 2.71. The Kier molecular flexibility index (Phi) is 1.97. The molecule has 13 heavy (non-hydrogen) atoms. The molecular weight excluding hydrogens is 162 g/mol. The van der Waals surface area contributed by atoms with E-state index in [9.17, 15) is 5.11 Å². The van der Waals surface area contributed by atoms with Crippen molar-refractivity contribution < 1.29 is 5.11 Å². The van der Waals surface area contributed by atoms with Crippen LogP contribution in [0.5, 0.6) is 0 Å². The maximum atomic E-state index is 10.1. The molecule has 0 aromatic carbocycles. The molecule has 2 saturated carbocycles. The van der Waals surface area contributed by atoms with Crippen molar-refractivity contribution in [1.82, 2.24) is 4.90 Å². The van der Waals surface area contributed by atoms with E-state index in [4.69, 9.17) is 0 Å². The van der Waals surface area contributed by atoms with Crippen molar-refractivity contribution in [1.29, 1.82) is 0 Å². The molecule has 0 saturated heterocycles. The van der Waals surface area contributed by atoms with Crippen LogP contribution in [0.1, 0.15) is 26.7 Å². The minimum atomic E-state index is -0.0938. The van der Waals surface area contributed by atoms with Crippen LogP contribution in [0.3, 0.4) is 0 Å². The third kappa shape index (κ3) is 1.08. The van der Waals surface area contributed by atoms with Crippen LogP contribution in [0.15, 0.2) is 0 Å². The first kappa shape index (κ1) is 9.47. The molecule has 0 amide bonds. The number of likely N-dealkylation sites (N-methyl/N-ethyl adjacent to an activating group) is 1. The molecule has 4 atom stereocenters. The summed E-state index contributed by atoms with van der Waals surface area (Å²) in [5, 5.41) is 10.1. The first-order valence-corrected chi connectivity index (χ1v) is 5.30. The van der Waals surface area contributed by atoms with Gasteiger partial charge in [0.1, 0.15) is 0 Å². The van der Waals surface area contributed by atoms with E-state index in [1.807, 2.05) is 0 Å². The third-order valence-electron chi connectivity index (χ3n) is 4.47. The predicted molar refractivity (Wildman–Crippen MR) is 53.5 cm³/mol. The summed E-state index contributed by atoms with van der Waals surface area (Å²) in [6.45, 7) is 4.64. The Morgan fingerprint density at radius 2 is 1.69 bits per heavy atom. The van der Waals surface area contributed by atoms with Crippen molar-refractivity contribution in [3.8, 4) is 0 Å². The van der Waals surface area contributed by atoms with Gasteiger partial charge in [0, 0.05) is 6.04 Å². The molecule has 1 N–H and O–H groups in total. The van der Waals surface area contributed by atoms with E-state index in [0.29, 0.717) is 23.3 Å². The number of fused-ring (bicyclic) bond motifs is 2. The molecule has 0 aliphatic heterocycles. The molecule has 2 aliphatic rings. The summed E-state index contributed by atoms with van der Waals surface area (Å²) in [5.41, 5.74) is 0.356. The zero-order chi connectivity index (χ0) is 9.80. The molecule has 2 fully saturated rings. The van der Waals surface area contributed by atoms with E-state index in [1.54, 1.807) is 0 Å². The number of nitrogens with zero attached hydrogens (tertiary/aromatic N) is 1. The van der Waals surface area contributed by atoms with Gasteiger partial charge < -0.3 is 10.0 Å². The zero-order valence-electron chi connectivity index (χ0n) is 9.12. The van der Waals surface area contributed by atoms with E-state index < -0.39 is 0 Å². The van der Waals surface area contributed by atoms with Crippen molar-refractivity contribution in [2.45, 2.75) is 38.8 Å². The molecule has 0 radical (unpaired) electrons. The Bertz CT molecular complexity index is 212. The molecule has 2 nitrogen and oxygen atoms in total. The largest absolute Gasteiger partial charge is 0.391 e. The smallest absolute Gasteiger partial charge is 0.0731 e. The maximum absolute atomic E-state index is 10.1. The molecule has 2 heteroatoms. The lowest BCUT2D eigenvalue weighted by Crippen LogP contribution is -2.43. The molecule has 0 spiro atoms. The molecule has 76 valence electrons. The fourth-order valence-electron chi connectivity index (χ4n) is 3.74. The lowest BCUT2D eigenvalue weighted by molar-refractivity contribution is 0.0335. The first-order valence-electron chi connectivity index (χ1n) is 5.30. The summed E-state index contributed by atoms with van der Waals surface area (Å²) in [5.74, 6) is 1.23. The third-order valence-corrected chi connectivity index (χ3v) is 4.47. The zero-order valence-corrected chi connectivity index (χ0v) is 9.12. The standard InChI is InChI=1S/C11H21NO/c1-11(2)7-5-6-8(11)10(13)9(7)12(3)4/h7-10,13H,5-6H2,1-4H3/t7-,8+,9-,10+/m1/s1. The lowest BCUT2D eigenvalue weighted by Gasteiger charge is -2.32. The molecule has 0 unspecified atom stereocenters. The highest BCUT2D eigenvalue weighted by Gasteiger charge is 2.59. The van der Waals surface area contributed by atoms with Crippen LogP contribution in [-0.2, 0) is 0 Å². The van der Waals surface area contributed by atoms with Gasteiger partial charge in [0.15, 0.2) is 0 Å². The Labute approximate surface area is 80.9 Å². The van der Waals surface area contributed by atoms with E-state index in [1.165, 1.54) is 12.8 Å². The predicted octanol–water partition coefficient (Wildman–Crippen LogP) is 1.34. The number of hydrogen-bond acceptors (Lipinski definition) is 2. The van der Waals surface area contributed by atoms with Gasteiger partial charge in [-0.2, -0.15) is 0 Å². The van der Waals surface area contributed by atoms with Gasteiger partial charge in [-0.05, 0) is 44.2 Å². The maximum Gasteiger partial charge on any atom is 0.0731 e. The van der Waals surface area contributed by atoms with Gasteiger partial charge in [0.25, 0.3) is 0 Å². The highest BCUT2D eigenvalue weighted by molar-refractivity contribution is 5.10. The number of hydrogen-bond donors (Lipinski definition) is 1. The van der Waals surface area contributed by atoms with E-state index in [0.717, 1.165) is 0 Å². The van der Waals surface area contributed by atoms with Crippen LogP contribution in [-0.4, -0.2) is 36.2 Å². The summed E-state index contributed by atoms with van der Waals surface area (Å²) >= 11 is 0. The van der Waals surface area contributed by atoms with Gasteiger partial charge in [-0.1, -0.05) is 13.8 Å². The van der Waals surface area contributed by atoms with Crippen LogP contribution in [0.4, 0.5) is 0 Å². The summed E-state index contributed by atoms with van der Waals surface area (Å²) < 4.78 is 0. The molecule has 2 bridgehead atoms. The molecule has 0 aromatic rings. The van der Waals surface area contributed by atoms with Gasteiger partial charge in [-0.3, -0.25) is 0 Å². The lowest BCUT2D eigenvalue weighted by atomic mass is 9.81. The molecule has 2 rings (SSSR count). The molecule has 0 aromatic heterocycles. The van der Waals surface area contributed by atoms with Crippen molar-refractivity contribution in [3.05, 3.63) is 0 Å². The Morgan fingerprint density at radius 1 is 1.15 bits per heavy atom. The van der Waals surface area contributed by atoms with Gasteiger partial charge in [-0.15, -0.1) is 0 Å². The summed E-state index contributed by atoms with van der Waals surface area (Å²) in [6.07, 6.45) is 2.43. The Balaban J connectivity index is 2.28. The highest BCUT2D eigenvalue weighted by atomic mass is 16.3. The summed E-state index contributed by atoms with van der Waals surface area (Å²) in [6, 6.07) is 0.397. The van der Waals surface area contributed by atoms with Crippen molar-refractivity contribution >= 4 is 0 Å². The van der Waals surface area contributed by atoms with E-state index >= 15 is 0 Å². The topological polar surface area (TPSA) is 23.5 Å². The summed E-state index contributed by atoms with van der Waals surface area (Å²) in [7, 11) is 4.18. The fraction of sp³-hybridized carbons (Fsp3) is 1.00. The minimum Gasteiger partial charge on any atom is -0.391 e. The van der Waals surface area contributed by atoms with Crippen LogP contribution in [0.2, 0.25) is 0 Å². The van der Waals surface area contributed by atoms with Gasteiger partial charge >= 0.3 is 0 Å². The number of rotatable bonds is 1. The molecule has 2 aliphatic carbocycles. The van der Waals surface area contributed by atoms with E-state index in [2.05, 4.69) is 32.8 Å². The first-order chi connectivity index (χ1) is 5.96. The normalized spacial score (nSPS) is 47.5. The Hall–Kier alpha value is -0.0800. The quantitative estimate of drug-likeness (QED) is 0.663. The highest BCUT2D eigenvalue weighted by Crippen LogP contribution is 2.58. The van der Waals surface area contributed by atoms with Crippen LogP contribution < -0.4 is 0 Å². The van der Waals surface area contributed by atoms with Crippen molar-refractivity contribution in [3.63, 3.8) is 0 Å². The summed E-state index contributed by atoms with van der Waals surface area (Å²) in [4.78, 5) is 2.20. The van der Waals surface area contributed by atoms with Crippen molar-refractivity contribution in [2.75, 3.05) is 14.1 Å². The molecule has 0 heterocycles. The van der Waals surface area contributed by atoms with Gasteiger partial charge in [0.2, 0.25) is 0 Å². The minimum absolute atomic E-state index is 0.0938. The Morgan fingerprint density at radius 3 is 2.00 bits per heavy atom. The van der Waals surface area contributed by atoms with E-state index in [-0.39, 0.29) is 6.10 Å². The van der Waals surface area contributed by atoms with Crippen LogP contribution in [0.25, 0.3) is 0 Å². The second-order valence-corrected chi connectivity index (χ2v) is 5.56. The van der Waals surface area contributed by atoms with Crippen LogP contribution >= 0.6 is 0 Å². The number of aliphatic hydroxyl groups excluding tert-OH is 1. The number of aliphatic hydroxyl groups is 1. The average Bonchev–Trinajstić information content (AvgIpc) is 2.37.